The van der Waals surface area contributed by atoms with Crippen LogP contribution in [-0.2, 0) is 22.4 Å². The van der Waals surface area contributed by atoms with Crippen LogP contribution in [-0.4, -0.2) is 58.2 Å². The van der Waals surface area contributed by atoms with Crippen LogP contribution in [0.4, 0.5) is 0 Å². The first kappa shape index (κ1) is 30.4. The van der Waals surface area contributed by atoms with Crippen molar-refractivity contribution in [2.75, 3.05) is 24.6 Å². The van der Waals surface area contributed by atoms with Crippen molar-refractivity contribution in [3.8, 4) is 0 Å². The maximum absolute atomic E-state index is 12.2. The number of carbonyl (C=O) groups excluding carboxylic acids is 2. The van der Waals surface area contributed by atoms with E-state index in [-0.39, 0.29) is 24.3 Å². The van der Waals surface area contributed by atoms with Crippen LogP contribution in [0.3, 0.4) is 0 Å². The number of oxime groups is 2. The van der Waals surface area contributed by atoms with Crippen molar-refractivity contribution < 1.29 is 20.0 Å². The predicted molar refractivity (Wildman–Crippen MR) is 150 cm³/mol. The number of benzene rings is 2. The van der Waals surface area contributed by atoms with Gasteiger partial charge in [0, 0.05) is 57.5 Å². The molecule has 4 N–H and O–H groups in total. The molecule has 0 bridgehead atoms. The molecule has 0 aliphatic heterocycles. The Morgan fingerprint density at radius 3 is 1.31 bits per heavy atom. The molecule has 0 aromatic heterocycles. The van der Waals surface area contributed by atoms with Gasteiger partial charge in [-0.25, -0.2) is 0 Å². The molecular weight excluding hydrogens is 590 g/mol. The zero-order chi connectivity index (χ0) is 26.5. The van der Waals surface area contributed by atoms with E-state index in [4.69, 9.17) is 46.4 Å². The van der Waals surface area contributed by atoms with Crippen LogP contribution in [0.1, 0.15) is 11.1 Å². The summed E-state index contributed by atoms with van der Waals surface area (Å²) >= 11 is 23.8. The number of amides is 2. The van der Waals surface area contributed by atoms with Crippen molar-refractivity contribution >= 4 is 91.2 Å². The second kappa shape index (κ2) is 16.1. The first-order valence-electron chi connectivity index (χ1n) is 10.3. The van der Waals surface area contributed by atoms with E-state index in [9.17, 15) is 20.0 Å². The highest BCUT2D eigenvalue weighted by atomic mass is 35.5. The fourth-order valence-electron chi connectivity index (χ4n) is 2.87. The highest BCUT2D eigenvalue weighted by Gasteiger charge is 2.15. The number of rotatable bonds is 13. The van der Waals surface area contributed by atoms with Gasteiger partial charge in [-0.05, 0) is 47.5 Å². The van der Waals surface area contributed by atoms with Gasteiger partial charge in [-0.3, -0.25) is 9.59 Å². The monoisotopic (exact) mass is 610 g/mol. The summed E-state index contributed by atoms with van der Waals surface area (Å²) in [5, 5.41) is 31.6. The van der Waals surface area contributed by atoms with Crippen molar-refractivity contribution in [2.24, 2.45) is 10.3 Å². The molecule has 0 atom stereocenters. The summed E-state index contributed by atoms with van der Waals surface area (Å²) in [4.78, 5) is 24.5. The summed E-state index contributed by atoms with van der Waals surface area (Å²) in [5.74, 6) is 0.183. The van der Waals surface area contributed by atoms with Crippen LogP contribution in [0.2, 0.25) is 20.1 Å². The smallest absolute Gasteiger partial charge is 0.269 e. The van der Waals surface area contributed by atoms with E-state index in [0.717, 1.165) is 0 Å². The lowest BCUT2D eigenvalue weighted by molar-refractivity contribution is -0.115. The molecule has 8 nitrogen and oxygen atoms in total. The summed E-state index contributed by atoms with van der Waals surface area (Å²) < 4.78 is 0. The molecule has 2 amide bonds. The molecule has 2 rings (SSSR count). The Balaban J connectivity index is 1.63. The molecule has 2 aromatic carbocycles. The standard InChI is InChI=1S/C22H22Cl4N4O4S2/c23-15-5-13(6-16(24)11-15)9-19(29-33)21(31)27-1-3-35-36-4-2-28-22(32)20(30-34)10-14-7-17(25)12-18(26)8-14/h5-8,11-12,33-34H,1-4,9-10H2,(H,27,31)(H,28,32)/b29-19-,30-20+. The third kappa shape index (κ3) is 11.1. The van der Waals surface area contributed by atoms with E-state index in [2.05, 4.69) is 20.9 Å². The SMILES string of the molecule is O=C(NCCSSCCNC(=O)/C(Cc1cc(Cl)cc(Cl)c1)=N/O)/C(Cc1cc(Cl)cc(Cl)c1)=N\O. The molecule has 0 heterocycles. The zero-order valence-corrected chi connectivity index (χ0v) is 23.3. The van der Waals surface area contributed by atoms with Gasteiger partial charge in [0.2, 0.25) is 0 Å². The fourth-order valence-corrected chi connectivity index (χ4v) is 5.83. The second-order valence-electron chi connectivity index (χ2n) is 7.16. The quantitative estimate of drug-likeness (QED) is 0.0795. The summed E-state index contributed by atoms with van der Waals surface area (Å²) in [6, 6.07) is 9.69. The van der Waals surface area contributed by atoms with E-state index < -0.39 is 11.8 Å². The van der Waals surface area contributed by atoms with E-state index in [0.29, 0.717) is 55.8 Å². The van der Waals surface area contributed by atoms with Crippen molar-refractivity contribution in [1.82, 2.24) is 10.6 Å². The fraction of sp³-hybridized carbons (Fsp3) is 0.273. The molecule has 0 unspecified atom stereocenters. The Bertz CT molecular complexity index is 1010. The lowest BCUT2D eigenvalue weighted by Gasteiger charge is -2.08. The van der Waals surface area contributed by atoms with E-state index in [1.54, 1.807) is 36.4 Å². The number of hydrogen-bond donors (Lipinski definition) is 4. The van der Waals surface area contributed by atoms with Crippen LogP contribution < -0.4 is 10.6 Å². The van der Waals surface area contributed by atoms with Gasteiger partial charge in [0.05, 0.1) is 0 Å². The second-order valence-corrected chi connectivity index (χ2v) is 11.6. The molecule has 0 aliphatic rings. The van der Waals surface area contributed by atoms with Gasteiger partial charge in [0.1, 0.15) is 11.4 Å². The molecule has 0 aliphatic carbocycles. The van der Waals surface area contributed by atoms with Crippen LogP contribution in [0, 0.1) is 0 Å². The zero-order valence-electron chi connectivity index (χ0n) is 18.6. The Morgan fingerprint density at radius 2 is 1.00 bits per heavy atom. The highest BCUT2D eigenvalue weighted by molar-refractivity contribution is 8.76. The van der Waals surface area contributed by atoms with Crippen LogP contribution in [0.15, 0.2) is 46.7 Å². The van der Waals surface area contributed by atoms with Gasteiger partial charge < -0.3 is 21.0 Å². The summed E-state index contributed by atoms with van der Waals surface area (Å²) in [6.07, 6.45) is 0.154. The third-order valence-corrected chi connectivity index (χ3v) is 7.66. The van der Waals surface area contributed by atoms with Crippen molar-refractivity contribution in [3.63, 3.8) is 0 Å². The molecule has 14 heteroatoms. The lowest BCUT2D eigenvalue weighted by atomic mass is 10.1. The van der Waals surface area contributed by atoms with Crippen molar-refractivity contribution in [2.45, 2.75) is 12.8 Å². The molecule has 0 fully saturated rings. The molecule has 0 spiro atoms. The van der Waals surface area contributed by atoms with Crippen molar-refractivity contribution in [1.29, 1.82) is 0 Å². The molecule has 36 heavy (non-hydrogen) atoms. The first-order valence-corrected chi connectivity index (χ1v) is 14.3. The molecule has 194 valence electrons. The number of carbonyl (C=O) groups is 2. The number of halogens is 4. The average Bonchev–Trinajstić information content (AvgIpc) is 2.81. The summed E-state index contributed by atoms with van der Waals surface area (Å²) in [7, 11) is 3.00. The Labute approximate surface area is 236 Å². The van der Waals surface area contributed by atoms with Crippen LogP contribution >= 0.6 is 68.0 Å². The number of hydrogen-bond acceptors (Lipinski definition) is 8. The summed E-state index contributed by atoms with van der Waals surface area (Å²) in [6.45, 7) is 0.698. The van der Waals surface area contributed by atoms with Gasteiger partial charge in [-0.2, -0.15) is 0 Å². The first-order chi connectivity index (χ1) is 17.2. The van der Waals surface area contributed by atoms with Gasteiger partial charge in [0.15, 0.2) is 0 Å². The Kier molecular flexibility index (Phi) is 13.6. The Morgan fingerprint density at radius 1 is 0.667 bits per heavy atom. The van der Waals surface area contributed by atoms with Crippen molar-refractivity contribution in [3.05, 3.63) is 67.6 Å². The number of nitrogens with zero attached hydrogens (tertiary/aromatic N) is 2. The molecule has 0 saturated carbocycles. The Hall–Kier alpha value is -1.82. The van der Waals surface area contributed by atoms with Gasteiger partial charge in [-0.1, -0.05) is 78.3 Å². The van der Waals surface area contributed by atoms with Gasteiger partial charge in [0.25, 0.3) is 11.8 Å². The lowest BCUT2D eigenvalue weighted by Crippen LogP contribution is -2.34. The molecule has 0 radical (unpaired) electrons. The van der Waals surface area contributed by atoms with E-state index in [1.807, 2.05) is 0 Å². The minimum atomic E-state index is -0.497. The van der Waals surface area contributed by atoms with Gasteiger partial charge in [-0.15, -0.1) is 0 Å². The maximum atomic E-state index is 12.2. The largest absolute Gasteiger partial charge is 0.410 e. The van der Waals surface area contributed by atoms with Crippen LogP contribution in [0.25, 0.3) is 0 Å². The summed E-state index contributed by atoms with van der Waals surface area (Å²) in [5.41, 5.74) is 1.17. The van der Waals surface area contributed by atoms with Crippen LogP contribution in [0.5, 0.6) is 0 Å². The van der Waals surface area contributed by atoms with E-state index in [1.165, 1.54) is 21.6 Å². The van der Waals surface area contributed by atoms with E-state index >= 15 is 0 Å². The topological polar surface area (TPSA) is 123 Å². The third-order valence-electron chi connectivity index (χ3n) is 4.38. The number of nitrogens with one attached hydrogen (secondary N) is 2. The van der Waals surface area contributed by atoms with Gasteiger partial charge >= 0.3 is 0 Å². The molecule has 2 aromatic rings. The average molecular weight is 612 g/mol. The molecular formula is C22H22Cl4N4O4S2. The maximum Gasteiger partial charge on any atom is 0.269 e. The minimum Gasteiger partial charge on any atom is -0.410 e. The molecule has 0 saturated heterocycles. The minimum absolute atomic E-state index is 0.0601. The normalized spacial score (nSPS) is 11.9. The highest BCUT2D eigenvalue weighted by Crippen LogP contribution is 2.21. The predicted octanol–water partition coefficient (Wildman–Crippen LogP) is 5.36.